The molecule has 2 aliphatic rings. The summed E-state index contributed by atoms with van der Waals surface area (Å²) in [5.41, 5.74) is 0.404. The van der Waals surface area contributed by atoms with Crippen LogP contribution in [0.3, 0.4) is 0 Å². The molecule has 0 radical (unpaired) electrons. The van der Waals surface area contributed by atoms with Crippen molar-refractivity contribution < 1.29 is 14.3 Å². The molecular weight excluding hydrogens is 425 g/mol. The third-order valence-electron chi connectivity index (χ3n) is 5.18. The van der Waals surface area contributed by atoms with Gasteiger partial charge < -0.3 is 15.0 Å². The molecule has 0 bridgehead atoms. The molecule has 1 atom stereocenters. The molecule has 1 unspecified atom stereocenters. The Balaban J connectivity index is 0.000000804. The first-order valence-corrected chi connectivity index (χ1v) is 10.9. The van der Waals surface area contributed by atoms with E-state index in [1.165, 1.54) is 12.2 Å². The lowest BCUT2D eigenvalue weighted by molar-refractivity contribution is -0.131. The standard InChI is InChI=1S/C19H29N3O3.C3H4Cl2/c1-4-6-15(5-2)19(24)20-13-18(23)22-10-7-17(14-22)21(3)16-8-11-25-12-9-16;1-3(5)2-4/h4-6,16-17H,1-2,7-14H2,3H3,(H,20,24);1-2H2/b15-6+;. The minimum Gasteiger partial charge on any atom is -0.381 e. The maximum Gasteiger partial charge on any atom is 0.251 e. The minimum absolute atomic E-state index is 0.00879. The molecule has 0 aromatic rings. The maximum atomic E-state index is 12.4. The number of hydrogen-bond donors (Lipinski definition) is 1. The first-order chi connectivity index (χ1) is 14.3. The number of rotatable bonds is 8. The first-order valence-electron chi connectivity index (χ1n) is 10.0. The maximum absolute atomic E-state index is 12.4. The molecule has 1 N–H and O–H groups in total. The third kappa shape index (κ3) is 9.04. The van der Waals surface area contributed by atoms with Crippen LogP contribution in [0.1, 0.15) is 19.3 Å². The molecule has 8 heteroatoms. The van der Waals surface area contributed by atoms with Crippen LogP contribution in [0, 0.1) is 0 Å². The van der Waals surface area contributed by atoms with Crippen molar-refractivity contribution in [2.24, 2.45) is 0 Å². The Morgan fingerprint density at radius 3 is 2.40 bits per heavy atom. The van der Waals surface area contributed by atoms with Gasteiger partial charge in [0.2, 0.25) is 5.91 Å². The lowest BCUT2D eigenvalue weighted by Gasteiger charge is -2.35. The van der Waals surface area contributed by atoms with Crippen molar-refractivity contribution in [2.75, 3.05) is 45.8 Å². The van der Waals surface area contributed by atoms with Crippen molar-refractivity contribution >= 4 is 35.0 Å². The third-order valence-corrected chi connectivity index (χ3v) is 5.78. The summed E-state index contributed by atoms with van der Waals surface area (Å²) in [6, 6.07) is 0.917. The van der Waals surface area contributed by atoms with Crippen LogP contribution in [0.5, 0.6) is 0 Å². The van der Waals surface area contributed by atoms with E-state index in [-0.39, 0.29) is 18.4 Å². The van der Waals surface area contributed by atoms with Crippen LogP contribution in [0.15, 0.2) is 48.6 Å². The Labute approximate surface area is 190 Å². The number of hydrogen-bond acceptors (Lipinski definition) is 4. The second kappa shape index (κ2) is 14.4. The number of nitrogens with one attached hydrogen (secondary N) is 1. The number of likely N-dealkylation sites (N-methyl/N-ethyl adjacent to an activating group) is 1. The number of nitrogens with zero attached hydrogens (tertiary/aromatic N) is 2. The highest BCUT2D eigenvalue weighted by Crippen LogP contribution is 2.21. The van der Waals surface area contributed by atoms with Crippen molar-refractivity contribution in [1.82, 2.24) is 15.1 Å². The normalized spacial score (nSPS) is 19.7. The van der Waals surface area contributed by atoms with Crippen molar-refractivity contribution in [3.05, 3.63) is 48.6 Å². The fourth-order valence-electron chi connectivity index (χ4n) is 3.42. The van der Waals surface area contributed by atoms with E-state index in [1.54, 1.807) is 6.08 Å². The van der Waals surface area contributed by atoms with Crippen molar-refractivity contribution in [3.63, 3.8) is 0 Å². The van der Waals surface area contributed by atoms with Gasteiger partial charge in [-0.15, -0.1) is 11.6 Å². The zero-order chi connectivity index (χ0) is 22.5. The highest BCUT2D eigenvalue weighted by molar-refractivity contribution is 6.35. The van der Waals surface area contributed by atoms with E-state index in [2.05, 4.69) is 37.0 Å². The molecule has 2 fully saturated rings. The fraction of sp³-hybridized carbons (Fsp3) is 0.545. The minimum atomic E-state index is -0.307. The Bertz CT molecular complexity index is 646. The summed E-state index contributed by atoms with van der Waals surface area (Å²) in [4.78, 5) is 28.6. The van der Waals surface area contributed by atoms with Crippen LogP contribution in [-0.2, 0) is 14.3 Å². The molecule has 0 aromatic carbocycles. The summed E-state index contributed by atoms with van der Waals surface area (Å²) in [7, 11) is 2.15. The molecule has 2 aliphatic heterocycles. The van der Waals surface area contributed by atoms with Gasteiger partial charge in [-0.3, -0.25) is 14.5 Å². The van der Waals surface area contributed by atoms with Gasteiger partial charge in [0.15, 0.2) is 0 Å². The molecule has 6 nitrogen and oxygen atoms in total. The number of ether oxygens (including phenoxy) is 1. The van der Waals surface area contributed by atoms with Crippen molar-refractivity contribution in [3.8, 4) is 0 Å². The zero-order valence-corrected chi connectivity index (χ0v) is 19.3. The highest BCUT2D eigenvalue weighted by Gasteiger charge is 2.32. The van der Waals surface area contributed by atoms with E-state index >= 15 is 0 Å². The number of halogens is 2. The number of allylic oxidation sites excluding steroid dienone is 3. The largest absolute Gasteiger partial charge is 0.381 e. The summed E-state index contributed by atoms with van der Waals surface area (Å²) in [5, 5.41) is 3.15. The van der Waals surface area contributed by atoms with Gasteiger partial charge in [0.25, 0.3) is 5.91 Å². The average Bonchev–Trinajstić information content (AvgIpc) is 3.26. The lowest BCUT2D eigenvalue weighted by atomic mass is 10.1. The summed E-state index contributed by atoms with van der Waals surface area (Å²) in [6.07, 6.45) is 7.63. The van der Waals surface area contributed by atoms with E-state index in [1.807, 2.05) is 4.90 Å². The summed E-state index contributed by atoms with van der Waals surface area (Å²) in [5.74, 6) is -0.00164. The lowest BCUT2D eigenvalue weighted by Crippen LogP contribution is -2.45. The number of likely N-dealkylation sites (tertiary alicyclic amines) is 1. The predicted molar refractivity (Wildman–Crippen MR) is 124 cm³/mol. The van der Waals surface area contributed by atoms with Gasteiger partial charge in [-0.2, -0.15) is 0 Å². The number of amides is 2. The van der Waals surface area contributed by atoms with Crippen LogP contribution in [0.4, 0.5) is 0 Å². The molecule has 30 heavy (non-hydrogen) atoms. The second-order valence-corrected chi connectivity index (χ2v) is 7.99. The zero-order valence-electron chi connectivity index (χ0n) is 17.7. The molecule has 2 heterocycles. The Morgan fingerprint density at radius 2 is 1.87 bits per heavy atom. The van der Waals surface area contributed by atoms with Crippen LogP contribution < -0.4 is 5.32 Å². The molecule has 0 spiro atoms. The highest BCUT2D eigenvalue weighted by atomic mass is 35.5. The van der Waals surface area contributed by atoms with Gasteiger partial charge in [-0.1, -0.05) is 49.6 Å². The quantitative estimate of drug-likeness (QED) is 0.345. The van der Waals surface area contributed by atoms with Crippen LogP contribution in [0.25, 0.3) is 0 Å². The summed E-state index contributed by atoms with van der Waals surface area (Å²) >= 11 is 10.2. The van der Waals surface area contributed by atoms with Gasteiger partial charge in [0.05, 0.1) is 12.4 Å². The van der Waals surface area contributed by atoms with E-state index < -0.39 is 0 Å². The van der Waals surface area contributed by atoms with Gasteiger partial charge in [0, 0.05) is 49.0 Å². The average molecular weight is 458 g/mol. The molecule has 2 amide bonds. The number of carbonyl (C=O) groups is 2. The van der Waals surface area contributed by atoms with E-state index in [9.17, 15) is 9.59 Å². The molecule has 168 valence electrons. The van der Waals surface area contributed by atoms with E-state index in [0.29, 0.717) is 28.6 Å². The molecule has 0 saturated carbocycles. The topological polar surface area (TPSA) is 61.9 Å². The number of carbonyl (C=O) groups excluding carboxylic acids is 2. The summed E-state index contributed by atoms with van der Waals surface area (Å²) < 4.78 is 5.42. The van der Waals surface area contributed by atoms with Gasteiger partial charge in [-0.25, -0.2) is 0 Å². The fourth-order valence-corrected chi connectivity index (χ4v) is 3.42. The number of alkyl halides is 1. The first kappa shape index (κ1) is 26.4. The van der Waals surface area contributed by atoms with Crippen LogP contribution in [0.2, 0.25) is 0 Å². The molecule has 2 saturated heterocycles. The van der Waals surface area contributed by atoms with Crippen molar-refractivity contribution in [1.29, 1.82) is 0 Å². The molecule has 0 aromatic heterocycles. The van der Waals surface area contributed by atoms with E-state index in [4.69, 9.17) is 27.9 Å². The molecule has 2 rings (SSSR count). The second-order valence-electron chi connectivity index (χ2n) is 7.19. The SMILES string of the molecule is C=C(Cl)CCl.C=C/C=C(\C=C)C(=O)NCC(=O)N1CCC(N(C)C2CCOCC2)C1. The van der Waals surface area contributed by atoms with Gasteiger partial charge in [0.1, 0.15) is 0 Å². The van der Waals surface area contributed by atoms with Crippen molar-refractivity contribution in [2.45, 2.75) is 31.3 Å². The Kier molecular flexibility index (Phi) is 12.7. The molecular formula is C22H33Cl2N3O3. The van der Waals surface area contributed by atoms with Crippen LogP contribution in [-0.4, -0.2) is 79.5 Å². The Hall–Kier alpha value is -1.60. The Morgan fingerprint density at radius 1 is 1.23 bits per heavy atom. The van der Waals surface area contributed by atoms with Gasteiger partial charge >= 0.3 is 0 Å². The summed E-state index contributed by atoms with van der Waals surface area (Å²) in [6.45, 7) is 13.6. The van der Waals surface area contributed by atoms with E-state index in [0.717, 1.165) is 45.6 Å². The van der Waals surface area contributed by atoms with Crippen LogP contribution >= 0.6 is 23.2 Å². The smallest absolute Gasteiger partial charge is 0.251 e. The predicted octanol–water partition coefficient (Wildman–Crippen LogP) is 3.09. The monoisotopic (exact) mass is 457 g/mol. The van der Waals surface area contributed by atoms with Gasteiger partial charge in [-0.05, 0) is 26.3 Å². The molecule has 0 aliphatic carbocycles.